The molecule has 0 saturated carbocycles. The molecule has 0 atom stereocenters. The lowest BCUT2D eigenvalue weighted by molar-refractivity contribution is 0.358. The van der Waals surface area contributed by atoms with E-state index < -0.39 is 0 Å². The third-order valence-corrected chi connectivity index (χ3v) is 3.20. The summed E-state index contributed by atoms with van der Waals surface area (Å²) in [4.78, 5) is 4.38. The molecule has 0 bridgehead atoms. The Kier molecular flexibility index (Phi) is 3.63. The SMILES string of the molecule is CCc1c(N)nnn1Cc1nc(Cc2ccccc2)no1. The van der Waals surface area contributed by atoms with E-state index in [-0.39, 0.29) is 0 Å². The first-order chi connectivity index (χ1) is 10.3. The molecule has 7 heteroatoms. The number of nitrogens with zero attached hydrogens (tertiary/aromatic N) is 5. The van der Waals surface area contributed by atoms with Crippen molar-refractivity contribution < 1.29 is 4.52 Å². The third kappa shape index (κ3) is 2.91. The first kappa shape index (κ1) is 13.3. The standard InChI is InChI=1S/C14H16N6O/c1-2-11-14(15)17-19-20(11)9-13-16-12(18-21-13)8-10-6-4-3-5-7-10/h3-7H,2,8-9,15H2,1H3. The first-order valence-electron chi connectivity index (χ1n) is 6.79. The van der Waals surface area contributed by atoms with E-state index in [4.69, 9.17) is 10.3 Å². The van der Waals surface area contributed by atoms with Gasteiger partial charge >= 0.3 is 0 Å². The van der Waals surface area contributed by atoms with Gasteiger partial charge in [0.1, 0.15) is 6.54 Å². The monoisotopic (exact) mass is 284 g/mol. The molecule has 0 aliphatic carbocycles. The van der Waals surface area contributed by atoms with Crippen LogP contribution in [0.5, 0.6) is 0 Å². The average Bonchev–Trinajstić information content (AvgIpc) is 3.07. The van der Waals surface area contributed by atoms with Crippen LogP contribution in [0.25, 0.3) is 0 Å². The van der Waals surface area contributed by atoms with Gasteiger partial charge in [-0.2, -0.15) is 4.98 Å². The molecular weight excluding hydrogens is 268 g/mol. The number of nitrogen functional groups attached to an aromatic ring is 1. The van der Waals surface area contributed by atoms with E-state index in [1.807, 2.05) is 37.3 Å². The van der Waals surface area contributed by atoms with Gasteiger partial charge in [0.2, 0.25) is 5.89 Å². The summed E-state index contributed by atoms with van der Waals surface area (Å²) in [6, 6.07) is 10.0. The Bertz CT molecular complexity index is 718. The summed E-state index contributed by atoms with van der Waals surface area (Å²) in [5.41, 5.74) is 7.77. The van der Waals surface area contributed by atoms with Gasteiger partial charge in [0.05, 0.1) is 5.69 Å². The maximum absolute atomic E-state index is 5.75. The summed E-state index contributed by atoms with van der Waals surface area (Å²) in [6.07, 6.45) is 1.40. The molecule has 2 N–H and O–H groups in total. The zero-order chi connectivity index (χ0) is 14.7. The zero-order valence-electron chi connectivity index (χ0n) is 11.7. The largest absolute Gasteiger partial charge is 0.381 e. The highest BCUT2D eigenvalue weighted by Gasteiger charge is 2.13. The highest BCUT2D eigenvalue weighted by atomic mass is 16.5. The van der Waals surface area contributed by atoms with Crippen molar-refractivity contribution in [3.8, 4) is 0 Å². The van der Waals surface area contributed by atoms with Crippen molar-refractivity contribution in [2.45, 2.75) is 26.3 Å². The smallest absolute Gasteiger partial charge is 0.248 e. The molecule has 0 radical (unpaired) electrons. The maximum atomic E-state index is 5.75. The number of benzene rings is 1. The molecule has 0 amide bonds. The van der Waals surface area contributed by atoms with Gasteiger partial charge in [0.25, 0.3) is 0 Å². The second-order valence-electron chi connectivity index (χ2n) is 4.70. The van der Waals surface area contributed by atoms with Crippen molar-refractivity contribution >= 4 is 5.82 Å². The van der Waals surface area contributed by atoms with E-state index in [1.54, 1.807) is 4.68 Å². The number of hydrogen-bond donors (Lipinski definition) is 1. The Morgan fingerprint density at radius 1 is 1.24 bits per heavy atom. The molecule has 7 nitrogen and oxygen atoms in total. The molecule has 21 heavy (non-hydrogen) atoms. The Labute approximate surface area is 121 Å². The molecular formula is C14H16N6O. The third-order valence-electron chi connectivity index (χ3n) is 3.20. The summed E-state index contributed by atoms with van der Waals surface area (Å²) in [6.45, 7) is 2.38. The maximum Gasteiger partial charge on any atom is 0.248 e. The summed E-state index contributed by atoms with van der Waals surface area (Å²) >= 11 is 0. The first-order valence-corrected chi connectivity index (χ1v) is 6.79. The van der Waals surface area contributed by atoms with E-state index in [9.17, 15) is 0 Å². The number of rotatable bonds is 5. The van der Waals surface area contributed by atoms with E-state index in [1.165, 1.54) is 0 Å². The summed E-state index contributed by atoms with van der Waals surface area (Å²) in [5, 5.41) is 11.8. The highest BCUT2D eigenvalue weighted by Crippen LogP contribution is 2.11. The number of aromatic nitrogens is 5. The molecule has 0 fully saturated rings. The van der Waals surface area contributed by atoms with Crippen molar-refractivity contribution in [1.82, 2.24) is 25.1 Å². The fraction of sp³-hybridized carbons (Fsp3) is 0.286. The quantitative estimate of drug-likeness (QED) is 0.761. The van der Waals surface area contributed by atoms with E-state index >= 15 is 0 Å². The molecule has 3 rings (SSSR count). The minimum atomic E-state index is 0.384. The Morgan fingerprint density at radius 3 is 2.81 bits per heavy atom. The van der Waals surface area contributed by atoms with Crippen molar-refractivity contribution in [3.63, 3.8) is 0 Å². The molecule has 0 unspecified atom stereocenters. The molecule has 0 saturated heterocycles. The fourth-order valence-corrected chi connectivity index (χ4v) is 2.17. The van der Waals surface area contributed by atoms with Gasteiger partial charge in [0, 0.05) is 6.42 Å². The van der Waals surface area contributed by atoms with Gasteiger partial charge in [0.15, 0.2) is 11.6 Å². The Morgan fingerprint density at radius 2 is 2.05 bits per heavy atom. The lowest BCUT2D eigenvalue weighted by atomic mass is 10.1. The van der Waals surface area contributed by atoms with E-state index in [0.29, 0.717) is 30.5 Å². The molecule has 2 heterocycles. The molecule has 108 valence electrons. The van der Waals surface area contributed by atoms with Crippen LogP contribution in [-0.4, -0.2) is 25.1 Å². The number of nitrogens with two attached hydrogens (primary N) is 1. The summed E-state index contributed by atoms with van der Waals surface area (Å²) < 4.78 is 6.95. The van der Waals surface area contributed by atoms with Crippen LogP contribution in [0, 0.1) is 0 Å². The van der Waals surface area contributed by atoms with Gasteiger partial charge in [-0.3, -0.25) is 0 Å². The number of hydrogen-bond acceptors (Lipinski definition) is 6. The van der Waals surface area contributed by atoms with E-state index in [0.717, 1.165) is 17.7 Å². The number of anilines is 1. The van der Waals surface area contributed by atoms with Gasteiger partial charge in [-0.1, -0.05) is 47.6 Å². The van der Waals surface area contributed by atoms with Crippen LogP contribution >= 0.6 is 0 Å². The van der Waals surface area contributed by atoms with Crippen LogP contribution in [0.1, 0.15) is 29.9 Å². The second-order valence-corrected chi connectivity index (χ2v) is 4.70. The predicted octanol–water partition coefficient (Wildman–Crippen LogP) is 1.44. The Hall–Kier alpha value is -2.70. The lowest BCUT2D eigenvalue weighted by Gasteiger charge is -2.00. The van der Waals surface area contributed by atoms with Gasteiger partial charge in [-0.15, -0.1) is 5.10 Å². The van der Waals surface area contributed by atoms with Gasteiger partial charge < -0.3 is 10.3 Å². The minimum absolute atomic E-state index is 0.384. The van der Waals surface area contributed by atoms with Crippen LogP contribution in [0.15, 0.2) is 34.9 Å². The normalized spacial score (nSPS) is 10.9. The van der Waals surface area contributed by atoms with Crippen molar-refractivity contribution in [3.05, 3.63) is 53.3 Å². The molecule has 3 aromatic rings. The molecule has 0 aliphatic heterocycles. The van der Waals surface area contributed by atoms with Crippen LogP contribution in [0.2, 0.25) is 0 Å². The molecule has 1 aromatic carbocycles. The average molecular weight is 284 g/mol. The summed E-state index contributed by atoms with van der Waals surface area (Å²) in [7, 11) is 0. The molecule has 2 aromatic heterocycles. The minimum Gasteiger partial charge on any atom is -0.381 e. The van der Waals surface area contributed by atoms with Crippen LogP contribution in [-0.2, 0) is 19.4 Å². The van der Waals surface area contributed by atoms with Crippen molar-refractivity contribution in [1.29, 1.82) is 0 Å². The van der Waals surface area contributed by atoms with Crippen LogP contribution in [0.3, 0.4) is 0 Å². The lowest BCUT2D eigenvalue weighted by Crippen LogP contribution is -2.07. The van der Waals surface area contributed by atoms with Crippen molar-refractivity contribution in [2.75, 3.05) is 5.73 Å². The van der Waals surface area contributed by atoms with E-state index in [2.05, 4.69) is 20.5 Å². The van der Waals surface area contributed by atoms with Crippen molar-refractivity contribution in [2.24, 2.45) is 0 Å². The zero-order valence-corrected chi connectivity index (χ0v) is 11.7. The summed E-state index contributed by atoms with van der Waals surface area (Å²) in [5.74, 6) is 1.60. The van der Waals surface area contributed by atoms with Gasteiger partial charge in [-0.25, -0.2) is 4.68 Å². The predicted molar refractivity (Wildman–Crippen MR) is 76.5 cm³/mol. The van der Waals surface area contributed by atoms with Crippen LogP contribution in [0.4, 0.5) is 5.82 Å². The second kappa shape index (κ2) is 5.74. The molecule has 0 spiro atoms. The topological polar surface area (TPSA) is 95.7 Å². The Balaban J connectivity index is 1.73. The highest BCUT2D eigenvalue weighted by molar-refractivity contribution is 5.32. The molecule has 0 aliphatic rings. The fourth-order valence-electron chi connectivity index (χ4n) is 2.17. The van der Waals surface area contributed by atoms with Gasteiger partial charge in [-0.05, 0) is 12.0 Å². The van der Waals surface area contributed by atoms with Crippen LogP contribution < -0.4 is 5.73 Å².